The normalized spacial score (nSPS) is 20.2. The Bertz CT molecular complexity index is 264. The molecule has 2 rings (SSSR count). The molecule has 0 atom stereocenters. The van der Waals surface area contributed by atoms with Crippen molar-refractivity contribution in [3.05, 3.63) is 17.4 Å². The van der Waals surface area contributed by atoms with Gasteiger partial charge in [-0.25, -0.2) is 0 Å². The summed E-state index contributed by atoms with van der Waals surface area (Å²) in [5.74, 6) is 0. The number of halogens is 1. The van der Waals surface area contributed by atoms with E-state index in [1.807, 2.05) is 0 Å². The first-order valence-corrected chi connectivity index (χ1v) is 4.03. The lowest BCUT2D eigenvalue weighted by atomic mass is 10.3. The highest BCUT2D eigenvalue weighted by Gasteiger charge is 2.38. The topological polar surface area (TPSA) is 43.8 Å². The van der Waals surface area contributed by atoms with E-state index in [1.54, 1.807) is 17.1 Å². The van der Waals surface area contributed by atoms with E-state index < -0.39 is 0 Å². The highest BCUT2D eigenvalue weighted by molar-refractivity contribution is 6.30. The van der Waals surface area contributed by atoms with Gasteiger partial charge in [0.1, 0.15) is 0 Å². The maximum absolute atomic E-state index is 5.88. The van der Waals surface area contributed by atoms with Crippen molar-refractivity contribution in [1.29, 1.82) is 0 Å². The van der Waals surface area contributed by atoms with Crippen LogP contribution in [0.1, 0.15) is 12.8 Å². The van der Waals surface area contributed by atoms with Crippen LogP contribution in [0.15, 0.2) is 12.4 Å². The minimum atomic E-state index is 0.00927. The Balaban J connectivity index is 2.06. The average Bonchev–Trinajstić information content (AvgIpc) is 2.49. The summed E-state index contributed by atoms with van der Waals surface area (Å²) in [5.41, 5.74) is 5.89. The number of hydrogen-bond acceptors (Lipinski definition) is 2. The van der Waals surface area contributed by atoms with Crippen molar-refractivity contribution in [2.75, 3.05) is 0 Å². The SMILES string of the molecule is NC1(Cn2cc(Cl)cn2)CC1. The zero-order valence-corrected chi connectivity index (χ0v) is 6.88. The third-order valence-electron chi connectivity index (χ3n) is 1.97. The third-order valence-corrected chi connectivity index (χ3v) is 2.17. The number of hydrogen-bond donors (Lipinski definition) is 1. The largest absolute Gasteiger partial charge is 0.324 e. The van der Waals surface area contributed by atoms with Gasteiger partial charge in [-0.2, -0.15) is 5.10 Å². The van der Waals surface area contributed by atoms with E-state index in [4.69, 9.17) is 17.3 Å². The molecule has 1 heterocycles. The lowest BCUT2D eigenvalue weighted by Crippen LogP contribution is -2.28. The van der Waals surface area contributed by atoms with Gasteiger partial charge in [-0.1, -0.05) is 11.6 Å². The van der Waals surface area contributed by atoms with Crippen LogP contribution in [-0.4, -0.2) is 15.3 Å². The zero-order valence-electron chi connectivity index (χ0n) is 6.13. The fourth-order valence-corrected chi connectivity index (χ4v) is 1.22. The van der Waals surface area contributed by atoms with Gasteiger partial charge in [-0.15, -0.1) is 0 Å². The van der Waals surface area contributed by atoms with Crippen molar-refractivity contribution in [3.63, 3.8) is 0 Å². The third kappa shape index (κ3) is 1.54. The molecule has 0 unspecified atom stereocenters. The molecule has 60 valence electrons. The minimum Gasteiger partial charge on any atom is -0.324 e. The molecule has 0 amide bonds. The molecule has 1 aliphatic rings. The molecule has 0 radical (unpaired) electrons. The van der Waals surface area contributed by atoms with Gasteiger partial charge >= 0.3 is 0 Å². The summed E-state index contributed by atoms with van der Waals surface area (Å²) in [6.07, 6.45) is 5.64. The van der Waals surface area contributed by atoms with Crippen LogP contribution in [-0.2, 0) is 6.54 Å². The van der Waals surface area contributed by atoms with Crippen LogP contribution < -0.4 is 5.73 Å². The van der Waals surface area contributed by atoms with Gasteiger partial charge in [-0.05, 0) is 12.8 Å². The Morgan fingerprint density at radius 1 is 1.73 bits per heavy atom. The van der Waals surface area contributed by atoms with Gasteiger partial charge in [0.15, 0.2) is 0 Å². The number of nitrogens with zero attached hydrogens (tertiary/aromatic N) is 2. The first-order valence-electron chi connectivity index (χ1n) is 3.65. The standard InChI is InChI=1S/C7H10ClN3/c8-6-3-10-11(4-6)5-7(9)1-2-7/h3-4H,1-2,5,9H2. The van der Waals surface area contributed by atoms with Gasteiger partial charge in [-0.3, -0.25) is 4.68 Å². The molecule has 2 N–H and O–H groups in total. The Labute approximate surface area is 70.1 Å². The summed E-state index contributed by atoms with van der Waals surface area (Å²) in [5, 5.41) is 4.72. The number of rotatable bonds is 2. The molecule has 0 spiro atoms. The second-order valence-electron chi connectivity index (χ2n) is 3.22. The fourth-order valence-electron chi connectivity index (χ4n) is 1.07. The predicted octanol–water partition coefficient (Wildman–Crippen LogP) is 1.03. The van der Waals surface area contributed by atoms with Crippen LogP contribution in [0.5, 0.6) is 0 Å². The number of aromatic nitrogens is 2. The molecule has 0 aliphatic heterocycles. The van der Waals surface area contributed by atoms with Crippen LogP contribution in [0, 0.1) is 0 Å². The summed E-state index contributed by atoms with van der Waals surface area (Å²) >= 11 is 5.69. The molecule has 4 heteroatoms. The van der Waals surface area contributed by atoms with Crippen molar-refractivity contribution >= 4 is 11.6 Å². The van der Waals surface area contributed by atoms with Crippen molar-refractivity contribution in [1.82, 2.24) is 9.78 Å². The molecular weight excluding hydrogens is 162 g/mol. The minimum absolute atomic E-state index is 0.00927. The van der Waals surface area contributed by atoms with Gasteiger partial charge in [0.05, 0.1) is 17.8 Å². The van der Waals surface area contributed by atoms with Crippen LogP contribution in [0.2, 0.25) is 5.02 Å². The predicted molar refractivity (Wildman–Crippen MR) is 43.4 cm³/mol. The van der Waals surface area contributed by atoms with Crippen LogP contribution in [0.25, 0.3) is 0 Å². The maximum atomic E-state index is 5.88. The molecule has 3 nitrogen and oxygen atoms in total. The highest BCUT2D eigenvalue weighted by atomic mass is 35.5. The van der Waals surface area contributed by atoms with Crippen LogP contribution >= 0.6 is 11.6 Å². The van der Waals surface area contributed by atoms with Crippen molar-refractivity contribution in [2.45, 2.75) is 24.9 Å². The Morgan fingerprint density at radius 2 is 2.45 bits per heavy atom. The van der Waals surface area contributed by atoms with E-state index in [0.29, 0.717) is 5.02 Å². The second kappa shape index (κ2) is 2.22. The summed E-state index contributed by atoms with van der Waals surface area (Å²) in [6.45, 7) is 0.791. The first-order chi connectivity index (χ1) is 5.18. The molecule has 1 aromatic heterocycles. The summed E-state index contributed by atoms with van der Waals surface area (Å²) < 4.78 is 1.80. The molecule has 0 bridgehead atoms. The maximum Gasteiger partial charge on any atom is 0.0785 e. The Hall–Kier alpha value is -0.540. The Kier molecular flexibility index (Phi) is 1.44. The molecular formula is C7H10ClN3. The van der Waals surface area contributed by atoms with E-state index in [-0.39, 0.29) is 5.54 Å². The highest BCUT2D eigenvalue weighted by Crippen LogP contribution is 2.33. The second-order valence-corrected chi connectivity index (χ2v) is 3.65. The summed E-state index contributed by atoms with van der Waals surface area (Å²) in [7, 11) is 0. The molecule has 1 fully saturated rings. The fraction of sp³-hybridized carbons (Fsp3) is 0.571. The summed E-state index contributed by atoms with van der Waals surface area (Å²) in [4.78, 5) is 0. The van der Waals surface area contributed by atoms with Gasteiger partial charge in [0.25, 0.3) is 0 Å². The van der Waals surface area contributed by atoms with Crippen LogP contribution in [0.4, 0.5) is 0 Å². The lowest BCUT2D eigenvalue weighted by molar-refractivity contribution is 0.500. The quantitative estimate of drug-likeness (QED) is 0.723. The van der Waals surface area contributed by atoms with Crippen LogP contribution in [0.3, 0.4) is 0 Å². The van der Waals surface area contributed by atoms with E-state index >= 15 is 0 Å². The van der Waals surface area contributed by atoms with Crippen molar-refractivity contribution < 1.29 is 0 Å². The molecule has 1 aromatic rings. The van der Waals surface area contributed by atoms with Crippen molar-refractivity contribution in [3.8, 4) is 0 Å². The molecule has 1 aliphatic carbocycles. The van der Waals surface area contributed by atoms with E-state index in [2.05, 4.69) is 5.10 Å². The Morgan fingerprint density at radius 3 is 2.91 bits per heavy atom. The average molecular weight is 172 g/mol. The van der Waals surface area contributed by atoms with Crippen molar-refractivity contribution in [2.24, 2.45) is 5.73 Å². The smallest absolute Gasteiger partial charge is 0.0785 e. The zero-order chi connectivity index (χ0) is 7.90. The first kappa shape index (κ1) is 7.13. The van der Waals surface area contributed by atoms with E-state index in [0.717, 1.165) is 19.4 Å². The summed E-state index contributed by atoms with van der Waals surface area (Å²) in [6, 6.07) is 0. The monoisotopic (exact) mass is 171 g/mol. The lowest BCUT2D eigenvalue weighted by Gasteiger charge is -2.06. The molecule has 1 saturated carbocycles. The molecule has 0 saturated heterocycles. The van der Waals surface area contributed by atoms with Gasteiger partial charge in [0.2, 0.25) is 0 Å². The van der Waals surface area contributed by atoms with E-state index in [1.165, 1.54) is 0 Å². The molecule has 0 aromatic carbocycles. The van der Waals surface area contributed by atoms with Gasteiger partial charge in [0, 0.05) is 11.7 Å². The van der Waals surface area contributed by atoms with Gasteiger partial charge < -0.3 is 5.73 Å². The number of nitrogens with two attached hydrogens (primary N) is 1. The molecule has 11 heavy (non-hydrogen) atoms. The van der Waals surface area contributed by atoms with E-state index in [9.17, 15) is 0 Å².